The molecule has 2 aliphatic rings. The van der Waals surface area contributed by atoms with Gasteiger partial charge in [-0.2, -0.15) is 0 Å². The molecule has 116 valence electrons. The molecular weight excluding hydrogens is 304 g/mol. The number of carbonyl (C=O) groups is 1. The third kappa shape index (κ3) is 3.55. The number of carbonyl (C=O) groups excluding carboxylic acids is 1. The highest BCUT2D eigenvalue weighted by Crippen LogP contribution is 2.38. The van der Waals surface area contributed by atoms with Gasteiger partial charge in [0.05, 0.1) is 5.92 Å². The maximum absolute atomic E-state index is 12.9. The highest BCUT2D eigenvalue weighted by Gasteiger charge is 2.32. The standard InChI is InChI=1S/C16H22N2OS.ClH/c1-17-12-5-4-9-18(11-12)16(19)14-8-10-20-15-7-3-2-6-13(14)15;/h2-3,6-7,12,14,17H,4-5,8-11H2,1H3;1H. The number of amides is 1. The minimum absolute atomic E-state index is 0. The van der Waals surface area contributed by atoms with Crippen molar-refractivity contribution in [1.29, 1.82) is 0 Å². The molecule has 3 rings (SSSR count). The summed E-state index contributed by atoms with van der Waals surface area (Å²) in [7, 11) is 1.99. The van der Waals surface area contributed by atoms with Crippen molar-refractivity contribution in [2.24, 2.45) is 0 Å². The topological polar surface area (TPSA) is 32.3 Å². The van der Waals surface area contributed by atoms with Crippen LogP contribution in [0, 0.1) is 0 Å². The molecule has 1 amide bonds. The number of halogens is 1. The van der Waals surface area contributed by atoms with E-state index in [9.17, 15) is 4.79 Å². The Morgan fingerprint density at radius 2 is 2.14 bits per heavy atom. The van der Waals surface area contributed by atoms with Gasteiger partial charge >= 0.3 is 0 Å². The van der Waals surface area contributed by atoms with E-state index in [4.69, 9.17) is 0 Å². The van der Waals surface area contributed by atoms with E-state index in [0.29, 0.717) is 11.9 Å². The molecule has 0 spiro atoms. The quantitative estimate of drug-likeness (QED) is 0.907. The Morgan fingerprint density at radius 3 is 2.95 bits per heavy atom. The van der Waals surface area contributed by atoms with E-state index in [1.807, 2.05) is 18.8 Å². The first-order chi connectivity index (χ1) is 9.79. The monoisotopic (exact) mass is 326 g/mol. The normalized spacial score (nSPS) is 24.9. The molecule has 2 heterocycles. The zero-order valence-electron chi connectivity index (χ0n) is 12.4. The lowest BCUT2D eigenvalue weighted by Gasteiger charge is -2.36. The largest absolute Gasteiger partial charge is 0.341 e. The minimum atomic E-state index is 0. The number of hydrogen-bond acceptors (Lipinski definition) is 3. The summed E-state index contributed by atoms with van der Waals surface area (Å²) < 4.78 is 0. The fourth-order valence-corrected chi connectivity index (χ4v) is 4.36. The van der Waals surface area contributed by atoms with Crippen LogP contribution in [0.5, 0.6) is 0 Å². The number of nitrogens with one attached hydrogen (secondary N) is 1. The SMILES string of the molecule is CNC1CCCN(C(=O)C2CCSc3ccccc32)C1.Cl. The number of benzene rings is 1. The summed E-state index contributed by atoms with van der Waals surface area (Å²) in [4.78, 5) is 16.2. The van der Waals surface area contributed by atoms with Crippen molar-refractivity contribution >= 4 is 30.1 Å². The number of rotatable bonds is 2. The first-order valence-corrected chi connectivity index (χ1v) is 8.46. The van der Waals surface area contributed by atoms with Gasteiger partial charge < -0.3 is 10.2 Å². The van der Waals surface area contributed by atoms with Crippen molar-refractivity contribution in [3.63, 3.8) is 0 Å². The third-order valence-electron chi connectivity index (χ3n) is 4.40. The molecule has 1 aromatic carbocycles. The number of hydrogen-bond donors (Lipinski definition) is 1. The van der Waals surface area contributed by atoms with Crippen molar-refractivity contribution < 1.29 is 4.79 Å². The summed E-state index contributed by atoms with van der Waals surface area (Å²) in [5.74, 6) is 1.46. The molecule has 0 bridgehead atoms. The van der Waals surface area contributed by atoms with Crippen LogP contribution in [0.4, 0.5) is 0 Å². The lowest BCUT2D eigenvalue weighted by atomic mass is 9.93. The zero-order chi connectivity index (χ0) is 13.9. The molecule has 0 aromatic heterocycles. The van der Waals surface area contributed by atoms with Crippen LogP contribution >= 0.6 is 24.2 Å². The molecule has 0 aliphatic carbocycles. The van der Waals surface area contributed by atoms with Crippen LogP contribution in [0.2, 0.25) is 0 Å². The van der Waals surface area contributed by atoms with E-state index in [-0.39, 0.29) is 18.3 Å². The van der Waals surface area contributed by atoms with Crippen molar-refractivity contribution in [3.05, 3.63) is 29.8 Å². The van der Waals surface area contributed by atoms with Gasteiger partial charge in [-0.3, -0.25) is 4.79 Å². The average molecular weight is 327 g/mol. The molecule has 0 saturated carbocycles. The highest BCUT2D eigenvalue weighted by molar-refractivity contribution is 7.99. The van der Waals surface area contributed by atoms with E-state index in [2.05, 4.69) is 34.5 Å². The van der Waals surface area contributed by atoms with Gasteiger partial charge in [0.2, 0.25) is 5.91 Å². The van der Waals surface area contributed by atoms with E-state index >= 15 is 0 Å². The maximum Gasteiger partial charge on any atom is 0.230 e. The fourth-order valence-electron chi connectivity index (χ4n) is 3.23. The Hall–Kier alpha value is -0.710. The molecule has 0 radical (unpaired) electrons. The Kier molecular flexibility index (Phi) is 5.97. The lowest BCUT2D eigenvalue weighted by Crippen LogP contribution is -2.48. The van der Waals surface area contributed by atoms with Crippen molar-refractivity contribution in [2.75, 3.05) is 25.9 Å². The lowest BCUT2D eigenvalue weighted by molar-refractivity contribution is -0.134. The second kappa shape index (κ2) is 7.52. The Labute approximate surface area is 137 Å². The van der Waals surface area contributed by atoms with E-state index in [1.165, 1.54) is 16.9 Å². The average Bonchev–Trinajstić information content (AvgIpc) is 2.53. The number of thioether (sulfide) groups is 1. The molecule has 21 heavy (non-hydrogen) atoms. The summed E-state index contributed by atoms with van der Waals surface area (Å²) in [5, 5.41) is 3.31. The zero-order valence-corrected chi connectivity index (χ0v) is 14.0. The van der Waals surface area contributed by atoms with Crippen LogP contribution in [-0.4, -0.2) is 42.7 Å². The van der Waals surface area contributed by atoms with Gasteiger partial charge in [-0.15, -0.1) is 24.2 Å². The minimum Gasteiger partial charge on any atom is -0.341 e. The third-order valence-corrected chi connectivity index (χ3v) is 5.52. The summed E-state index contributed by atoms with van der Waals surface area (Å²) in [5.41, 5.74) is 1.24. The summed E-state index contributed by atoms with van der Waals surface area (Å²) in [6.45, 7) is 1.78. The number of likely N-dealkylation sites (tertiary alicyclic amines) is 1. The van der Waals surface area contributed by atoms with Crippen LogP contribution in [0.25, 0.3) is 0 Å². The van der Waals surface area contributed by atoms with E-state index in [0.717, 1.165) is 31.7 Å². The second-order valence-electron chi connectivity index (χ2n) is 5.64. The molecule has 5 heteroatoms. The summed E-state index contributed by atoms with van der Waals surface area (Å²) in [6.07, 6.45) is 3.26. The van der Waals surface area contributed by atoms with Crippen molar-refractivity contribution in [3.8, 4) is 0 Å². The van der Waals surface area contributed by atoms with Gasteiger partial charge in [0, 0.05) is 24.0 Å². The number of likely N-dealkylation sites (N-methyl/N-ethyl adjacent to an activating group) is 1. The van der Waals surface area contributed by atoms with Crippen molar-refractivity contribution in [2.45, 2.75) is 36.1 Å². The molecule has 2 unspecified atom stereocenters. The first kappa shape index (κ1) is 16.7. The van der Waals surface area contributed by atoms with Crippen LogP contribution in [-0.2, 0) is 4.79 Å². The number of nitrogens with zero attached hydrogens (tertiary/aromatic N) is 1. The highest BCUT2D eigenvalue weighted by atomic mass is 35.5. The predicted molar refractivity (Wildman–Crippen MR) is 90.4 cm³/mol. The molecule has 1 aromatic rings. The van der Waals surface area contributed by atoms with Crippen LogP contribution in [0.3, 0.4) is 0 Å². The summed E-state index contributed by atoms with van der Waals surface area (Å²) >= 11 is 1.88. The number of piperidine rings is 1. The molecule has 3 nitrogen and oxygen atoms in total. The van der Waals surface area contributed by atoms with Crippen molar-refractivity contribution in [1.82, 2.24) is 10.2 Å². The smallest absolute Gasteiger partial charge is 0.230 e. The van der Waals surface area contributed by atoms with Crippen LogP contribution in [0.15, 0.2) is 29.2 Å². The molecule has 2 aliphatic heterocycles. The first-order valence-electron chi connectivity index (χ1n) is 7.47. The van der Waals surface area contributed by atoms with Gasteiger partial charge in [-0.05, 0) is 43.7 Å². The Morgan fingerprint density at radius 1 is 1.33 bits per heavy atom. The van der Waals surface area contributed by atoms with Crippen LogP contribution < -0.4 is 5.32 Å². The molecule has 1 saturated heterocycles. The predicted octanol–water partition coefficient (Wildman–Crippen LogP) is 2.90. The molecule has 2 atom stereocenters. The second-order valence-corrected chi connectivity index (χ2v) is 6.78. The van der Waals surface area contributed by atoms with E-state index in [1.54, 1.807) is 0 Å². The number of fused-ring (bicyclic) bond motifs is 1. The molecule has 1 fully saturated rings. The maximum atomic E-state index is 12.9. The van der Waals surface area contributed by atoms with Crippen LogP contribution in [0.1, 0.15) is 30.7 Å². The molecule has 1 N–H and O–H groups in total. The van der Waals surface area contributed by atoms with Gasteiger partial charge in [0.1, 0.15) is 0 Å². The molecular formula is C16H23ClN2OS. The van der Waals surface area contributed by atoms with Gasteiger partial charge in [0.25, 0.3) is 0 Å². The van der Waals surface area contributed by atoms with E-state index < -0.39 is 0 Å². The fraction of sp³-hybridized carbons (Fsp3) is 0.562. The van der Waals surface area contributed by atoms with Gasteiger partial charge in [-0.25, -0.2) is 0 Å². The Bertz CT molecular complexity index is 497. The Balaban J connectivity index is 0.00000161. The summed E-state index contributed by atoms with van der Waals surface area (Å²) in [6, 6.07) is 8.85. The van der Waals surface area contributed by atoms with Gasteiger partial charge in [-0.1, -0.05) is 18.2 Å². The van der Waals surface area contributed by atoms with Gasteiger partial charge in [0.15, 0.2) is 0 Å².